The van der Waals surface area contributed by atoms with Crippen LogP contribution in [0.2, 0.25) is 0 Å². The first kappa shape index (κ1) is 91.1. The summed E-state index contributed by atoms with van der Waals surface area (Å²) in [7, 11) is 8.82. The van der Waals surface area contributed by atoms with Crippen molar-refractivity contribution in [2.45, 2.75) is 13.8 Å². The van der Waals surface area contributed by atoms with Crippen LogP contribution in [0.25, 0.3) is 110 Å². The summed E-state index contributed by atoms with van der Waals surface area (Å²) in [6.07, 6.45) is 3.21. The molecule has 0 unspecified atom stereocenters. The molecule has 0 amide bonds. The molecule has 0 N–H and O–H groups in total. The second-order valence-corrected chi connectivity index (χ2v) is 28.3. The Kier molecular flexibility index (Phi) is 31.0. The summed E-state index contributed by atoms with van der Waals surface area (Å²) in [4.78, 5) is 119. The molecule has 5 aromatic heterocycles. The van der Waals surface area contributed by atoms with Gasteiger partial charge in [-0.1, -0.05) is 185 Å². The molecule has 0 bridgehead atoms. The zero-order valence-corrected chi connectivity index (χ0v) is 70.7. The van der Waals surface area contributed by atoms with E-state index in [9.17, 15) is 47.9 Å². The Labute approximate surface area is 729 Å². The minimum atomic E-state index is -0.545. The Morgan fingerprint density at radius 2 is 0.425 bits per heavy atom. The number of hydrogen-bond donors (Lipinski definition) is 0. The number of carbonyl (C=O) groups excluding carboxylic acids is 5. The summed E-state index contributed by atoms with van der Waals surface area (Å²) >= 11 is 0. The number of fused-ring (bicyclic) bond motifs is 5. The molecule has 0 spiro atoms. The summed E-state index contributed by atoms with van der Waals surface area (Å²) in [5.41, 5.74) is 11.8. The number of rotatable bonds is 25. The fraction of sp³-hybridized carbons (Fsp3) is 0.118. The molecule has 25 nitrogen and oxygen atoms in total. The van der Waals surface area contributed by atoms with Gasteiger partial charge >= 0.3 is 29.8 Å². The van der Waals surface area contributed by atoms with Crippen molar-refractivity contribution in [2.24, 2.45) is 35.2 Å². The second-order valence-electron chi connectivity index (χ2n) is 28.3. The van der Waals surface area contributed by atoms with Crippen molar-refractivity contribution < 1.29 is 71.3 Å². The topological polar surface area (TPSA) is 288 Å². The summed E-state index contributed by atoms with van der Waals surface area (Å²) in [5, 5.41) is 4.98. The third kappa shape index (κ3) is 23.3. The predicted octanol–water partition coefficient (Wildman–Crippen LogP) is 17.1. The van der Waals surface area contributed by atoms with Crippen molar-refractivity contribution in [1.82, 2.24) is 22.8 Å². The van der Waals surface area contributed by atoms with E-state index < -0.39 is 29.8 Å². The van der Waals surface area contributed by atoms with E-state index in [2.05, 4.69) is 32.9 Å². The quantitative estimate of drug-likeness (QED) is 0.0222. The number of esters is 5. The highest BCUT2D eigenvalue weighted by molar-refractivity contribution is 5.91. The van der Waals surface area contributed by atoms with E-state index in [1.165, 1.54) is 0 Å². The zero-order valence-electron chi connectivity index (χ0n) is 70.7. The van der Waals surface area contributed by atoms with Crippen molar-refractivity contribution in [3.05, 3.63) is 387 Å². The fourth-order valence-corrected chi connectivity index (χ4v) is 13.0. The van der Waals surface area contributed by atoms with E-state index in [0.29, 0.717) is 67.7 Å². The van der Waals surface area contributed by atoms with Crippen molar-refractivity contribution in [1.29, 1.82) is 0 Å². The van der Waals surface area contributed by atoms with Crippen LogP contribution >= 0.6 is 0 Å². The monoisotopic (exact) mass is 1700 g/mol. The Hall–Kier alpha value is -16.7. The molecule has 642 valence electrons. The number of aryl methyl sites for hydroxylation is 5. The van der Waals surface area contributed by atoms with Crippen LogP contribution in [-0.4, -0.2) is 86.6 Å². The molecule has 0 saturated heterocycles. The maximum absolute atomic E-state index is 12.6. The van der Waals surface area contributed by atoms with Gasteiger partial charge in [0.05, 0.1) is 27.6 Å². The van der Waals surface area contributed by atoms with Crippen LogP contribution in [0.3, 0.4) is 0 Å². The Balaban J connectivity index is 0.000000154. The molecule has 127 heavy (non-hydrogen) atoms. The van der Waals surface area contributed by atoms with E-state index in [4.69, 9.17) is 47.4 Å². The number of para-hydroxylation sites is 5. The van der Waals surface area contributed by atoms with Crippen LogP contribution in [0, 0.1) is 0 Å². The molecule has 15 aromatic rings. The van der Waals surface area contributed by atoms with Gasteiger partial charge in [-0.05, 0) is 190 Å². The van der Waals surface area contributed by atoms with Gasteiger partial charge in [0, 0.05) is 92.4 Å². The van der Waals surface area contributed by atoms with Crippen molar-refractivity contribution in [3.63, 3.8) is 0 Å². The van der Waals surface area contributed by atoms with Gasteiger partial charge in [-0.25, -0.2) is 24.0 Å². The minimum Gasteiger partial charge on any atom is -0.457 e. The normalized spacial score (nSPS) is 10.5. The van der Waals surface area contributed by atoms with Gasteiger partial charge in [0.1, 0.15) is 28.7 Å². The van der Waals surface area contributed by atoms with Gasteiger partial charge in [0.25, 0.3) is 27.8 Å². The maximum atomic E-state index is 12.6. The zero-order chi connectivity index (χ0) is 90.8. The van der Waals surface area contributed by atoms with Crippen LogP contribution in [0.5, 0.6) is 28.7 Å². The molecule has 5 heterocycles. The Bertz CT molecular complexity index is 6400. The minimum absolute atomic E-state index is 0.0623. The first-order chi connectivity index (χ1) is 61.2. The molecule has 0 radical (unpaired) electrons. The fourth-order valence-electron chi connectivity index (χ4n) is 13.0. The summed E-state index contributed by atoms with van der Waals surface area (Å²) in [6.45, 7) is 19.1. The summed E-state index contributed by atoms with van der Waals surface area (Å²) < 4.78 is 59.0. The lowest BCUT2D eigenvalue weighted by Gasteiger charge is -2.10. The molecule has 15 rings (SSSR count). The van der Waals surface area contributed by atoms with Gasteiger partial charge in [-0.2, -0.15) is 0 Å². The first-order valence-corrected chi connectivity index (χ1v) is 39.4. The van der Waals surface area contributed by atoms with Gasteiger partial charge in [-0.3, -0.25) is 24.0 Å². The molecule has 25 heteroatoms. The number of ether oxygens (including phenoxy) is 10. The molecule has 0 aliphatic rings. The smallest absolute Gasteiger partial charge is 0.335 e. The molecule has 0 fully saturated rings. The van der Waals surface area contributed by atoms with Crippen LogP contribution < -0.4 is 51.5 Å². The molecule has 0 aliphatic heterocycles. The lowest BCUT2D eigenvalue weighted by atomic mass is 10.0. The van der Waals surface area contributed by atoms with Crippen LogP contribution in [0.1, 0.15) is 13.8 Å². The molecule has 0 atom stereocenters. The number of carbonyl (C=O) groups is 5. The highest BCUT2D eigenvalue weighted by Crippen LogP contribution is 2.30. The number of nitrogens with zero attached hydrogens (tertiary/aromatic N) is 5. The predicted molar refractivity (Wildman–Crippen MR) is 491 cm³/mol. The third-order valence-electron chi connectivity index (χ3n) is 19.8. The van der Waals surface area contributed by atoms with Gasteiger partial charge < -0.3 is 70.2 Å². The largest absolute Gasteiger partial charge is 0.457 e. The maximum Gasteiger partial charge on any atom is 0.335 e. The number of pyridine rings is 5. The van der Waals surface area contributed by atoms with E-state index in [-0.39, 0.29) is 61.8 Å². The van der Waals surface area contributed by atoms with Crippen molar-refractivity contribution in [3.8, 4) is 84.4 Å². The molecule has 0 aliphatic carbocycles. The van der Waals surface area contributed by atoms with Gasteiger partial charge in [0.15, 0.2) is 0 Å². The lowest BCUT2D eigenvalue weighted by molar-refractivity contribution is -0.146. The van der Waals surface area contributed by atoms with Crippen molar-refractivity contribution >= 4 is 84.4 Å². The Morgan fingerprint density at radius 1 is 0.260 bits per heavy atom. The van der Waals surface area contributed by atoms with Crippen LogP contribution in [0.15, 0.2) is 359 Å². The highest BCUT2D eigenvalue weighted by atomic mass is 16.7. The molecule has 10 aromatic carbocycles. The standard InChI is InChI=1S/2C21H19NO4.3C20H17NO4/c2*1-14(2)21(24)26-13-25-17-10-8-15(9-11-17)18-12-16-6-4-5-7-19(16)22(3)20(18)23;3*1-3-19(22)25-13-24-16-10-8-14(9-11-16)17-12-15-6-4-5-7-18(15)21(2)20(17)23/h2*4-12H,1,13H2,2-3H3;3*3-12H,1,13H2,2H3. The van der Waals surface area contributed by atoms with Crippen LogP contribution in [-0.2, 0) is 82.9 Å². The molecule has 0 saturated carbocycles. The van der Waals surface area contributed by atoms with Gasteiger partial charge in [0.2, 0.25) is 34.0 Å². The first-order valence-electron chi connectivity index (χ1n) is 39.4. The average Bonchev–Trinajstić information content (AvgIpc) is 0.804. The average molecular weight is 1700 g/mol. The van der Waals surface area contributed by atoms with E-state index in [1.54, 1.807) is 193 Å². The highest BCUT2D eigenvalue weighted by Gasteiger charge is 2.17. The van der Waals surface area contributed by atoms with E-state index >= 15 is 0 Å². The SMILES string of the molecule is C=C(C)C(=O)OCOc1ccc(-c2cc3ccccc3n(C)c2=O)cc1.C=C(C)C(=O)OCOc1ccc(-c2cc3ccccc3n(C)c2=O)cc1.C=CC(=O)OCOc1ccc(-c2cc3ccccc3n(C)c2=O)cc1.C=CC(=O)OCOc1ccc(-c2cc3ccccc3n(C)c2=O)cc1.C=CC(=O)OCOc1ccc(-c2cc3ccccc3n(C)c2=O)cc1. The Morgan fingerprint density at radius 3 is 0.591 bits per heavy atom. The lowest BCUT2D eigenvalue weighted by Crippen LogP contribution is -2.18. The van der Waals surface area contributed by atoms with Gasteiger partial charge in [-0.15, -0.1) is 0 Å². The van der Waals surface area contributed by atoms with Crippen LogP contribution in [0.4, 0.5) is 0 Å². The third-order valence-corrected chi connectivity index (χ3v) is 19.8. The summed E-state index contributed by atoms with van der Waals surface area (Å²) in [6, 6.07) is 83.5. The number of hydrogen-bond acceptors (Lipinski definition) is 20. The number of aromatic nitrogens is 5. The summed E-state index contributed by atoms with van der Waals surface area (Å²) in [5.74, 6) is 0.0721. The van der Waals surface area contributed by atoms with E-state index in [1.807, 2.05) is 152 Å². The second kappa shape index (κ2) is 43.2. The molecular formula is C102H89N5O20. The van der Waals surface area contributed by atoms with Crippen molar-refractivity contribution in [2.75, 3.05) is 34.0 Å². The molecular weight excluding hydrogens is 1620 g/mol. The number of benzene rings is 10. The van der Waals surface area contributed by atoms with E-state index in [0.717, 1.165) is 101 Å².